The van der Waals surface area contributed by atoms with Crippen LogP contribution in [0, 0.1) is 6.92 Å². The van der Waals surface area contributed by atoms with Gasteiger partial charge in [-0.3, -0.25) is 0 Å². The van der Waals surface area contributed by atoms with Crippen LogP contribution in [0.25, 0.3) is 0 Å². The summed E-state index contributed by atoms with van der Waals surface area (Å²) in [6, 6.07) is 8.06. The summed E-state index contributed by atoms with van der Waals surface area (Å²) in [5.41, 5.74) is 1.25. The van der Waals surface area contributed by atoms with Crippen molar-refractivity contribution in [3.05, 3.63) is 29.8 Å². The van der Waals surface area contributed by atoms with Gasteiger partial charge in [0.25, 0.3) is 0 Å². The first-order valence-electron chi connectivity index (χ1n) is 4.16. The van der Waals surface area contributed by atoms with Crippen molar-refractivity contribution < 1.29 is 9.47 Å². The van der Waals surface area contributed by atoms with Crippen molar-refractivity contribution in [2.24, 2.45) is 0 Å². The van der Waals surface area contributed by atoms with Gasteiger partial charge in [0, 0.05) is 0 Å². The molecule has 1 saturated heterocycles. The number of rotatable bonds is 3. The van der Waals surface area contributed by atoms with Crippen LogP contribution < -0.4 is 4.74 Å². The molecule has 0 amide bonds. The molecule has 2 rings (SSSR count). The third kappa shape index (κ3) is 1.98. The van der Waals surface area contributed by atoms with Gasteiger partial charge in [0.15, 0.2) is 0 Å². The van der Waals surface area contributed by atoms with Crippen LogP contribution in [0.3, 0.4) is 0 Å². The summed E-state index contributed by atoms with van der Waals surface area (Å²) in [5.74, 6) is 0.927. The van der Waals surface area contributed by atoms with Crippen molar-refractivity contribution in [1.82, 2.24) is 0 Å². The summed E-state index contributed by atoms with van der Waals surface area (Å²) in [7, 11) is 0. The highest BCUT2D eigenvalue weighted by Crippen LogP contribution is 2.15. The Hall–Kier alpha value is -1.02. The average Bonchev–Trinajstić information content (AvgIpc) is 2.87. The molecule has 0 N–H and O–H groups in total. The third-order valence-corrected chi connectivity index (χ3v) is 1.86. The molecule has 1 aromatic rings. The normalized spacial score (nSPS) is 20.6. The van der Waals surface area contributed by atoms with E-state index < -0.39 is 0 Å². The highest BCUT2D eigenvalue weighted by atomic mass is 16.6. The molecule has 0 unspecified atom stereocenters. The van der Waals surface area contributed by atoms with E-state index in [1.165, 1.54) is 5.56 Å². The highest BCUT2D eigenvalue weighted by Gasteiger charge is 2.22. The lowest BCUT2D eigenvalue weighted by atomic mass is 10.2. The number of epoxide rings is 1. The highest BCUT2D eigenvalue weighted by molar-refractivity contribution is 5.26. The van der Waals surface area contributed by atoms with E-state index in [1.807, 2.05) is 24.3 Å². The molecule has 1 fully saturated rings. The van der Waals surface area contributed by atoms with Gasteiger partial charge < -0.3 is 9.47 Å². The van der Waals surface area contributed by atoms with Gasteiger partial charge in [0.2, 0.25) is 0 Å². The van der Waals surface area contributed by atoms with Gasteiger partial charge in [-0.15, -0.1) is 0 Å². The topological polar surface area (TPSA) is 21.8 Å². The maximum absolute atomic E-state index is 5.46. The lowest BCUT2D eigenvalue weighted by Crippen LogP contribution is -2.03. The third-order valence-electron chi connectivity index (χ3n) is 1.86. The Balaban J connectivity index is 1.89. The molecule has 0 saturated carbocycles. The second kappa shape index (κ2) is 3.15. The van der Waals surface area contributed by atoms with E-state index in [9.17, 15) is 0 Å². The van der Waals surface area contributed by atoms with E-state index in [2.05, 4.69) is 6.92 Å². The molecule has 2 nitrogen and oxygen atoms in total. The van der Waals surface area contributed by atoms with Crippen LogP contribution >= 0.6 is 0 Å². The second-order valence-corrected chi connectivity index (χ2v) is 3.08. The molecule has 1 atom stereocenters. The molecule has 1 heterocycles. The predicted octanol–water partition coefficient (Wildman–Crippen LogP) is 1.77. The minimum absolute atomic E-state index is 0.339. The molecule has 1 aromatic carbocycles. The van der Waals surface area contributed by atoms with Crippen LogP contribution in [-0.2, 0) is 4.74 Å². The Bertz CT molecular complexity index is 249. The van der Waals surface area contributed by atoms with Crippen LogP contribution in [0.2, 0.25) is 0 Å². The van der Waals surface area contributed by atoms with Gasteiger partial charge in [-0.05, 0) is 19.1 Å². The molecular weight excluding hydrogens is 152 g/mol. The van der Waals surface area contributed by atoms with Crippen LogP contribution in [0.5, 0.6) is 5.75 Å². The maximum atomic E-state index is 5.46. The Labute approximate surface area is 72.1 Å². The molecule has 12 heavy (non-hydrogen) atoms. The lowest BCUT2D eigenvalue weighted by molar-refractivity contribution is 0.263. The van der Waals surface area contributed by atoms with Gasteiger partial charge in [0.1, 0.15) is 18.5 Å². The van der Waals surface area contributed by atoms with E-state index >= 15 is 0 Å². The largest absolute Gasteiger partial charge is 0.491 e. The Morgan fingerprint density at radius 2 is 2.08 bits per heavy atom. The van der Waals surface area contributed by atoms with Gasteiger partial charge in [-0.25, -0.2) is 0 Å². The molecule has 0 bridgehead atoms. The molecule has 64 valence electrons. The fraction of sp³-hybridized carbons (Fsp3) is 0.400. The minimum atomic E-state index is 0.339. The predicted molar refractivity (Wildman–Crippen MR) is 46.4 cm³/mol. The summed E-state index contributed by atoms with van der Waals surface area (Å²) in [4.78, 5) is 0. The number of ether oxygens (including phenoxy) is 2. The fourth-order valence-corrected chi connectivity index (χ4v) is 0.988. The van der Waals surface area contributed by atoms with Gasteiger partial charge in [-0.2, -0.15) is 0 Å². The lowest BCUT2D eigenvalue weighted by Gasteiger charge is -2.03. The van der Waals surface area contributed by atoms with Gasteiger partial charge >= 0.3 is 0 Å². The first-order chi connectivity index (χ1) is 5.84. The van der Waals surface area contributed by atoms with E-state index in [-0.39, 0.29) is 0 Å². The smallest absolute Gasteiger partial charge is 0.119 e. The molecule has 1 aliphatic heterocycles. The zero-order chi connectivity index (χ0) is 8.39. The summed E-state index contributed by atoms with van der Waals surface area (Å²) in [6.07, 6.45) is 0.339. The Morgan fingerprint density at radius 3 is 2.67 bits per heavy atom. The summed E-state index contributed by atoms with van der Waals surface area (Å²) in [5, 5.41) is 0. The van der Waals surface area contributed by atoms with E-state index in [0.29, 0.717) is 12.7 Å². The van der Waals surface area contributed by atoms with Crippen LogP contribution in [0.1, 0.15) is 5.56 Å². The molecule has 0 spiro atoms. The van der Waals surface area contributed by atoms with Crippen molar-refractivity contribution in [3.8, 4) is 5.75 Å². The quantitative estimate of drug-likeness (QED) is 0.635. The Morgan fingerprint density at radius 1 is 1.42 bits per heavy atom. The minimum Gasteiger partial charge on any atom is -0.491 e. The number of hydrogen-bond donors (Lipinski definition) is 0. The molecule has 2 heteroatoms. The average molecular weight is 164 g/mol. The van der Waals surface area contributed by atoms with Crippen molar-refractivity contribution >= 4 is 0 Å². The van der Waals surface area contributed by atoms with E-state index in [0.717, 1.165) is 12.4 Å². The molecular formula is C10H12O2. The fourth-order valence-electron chi connectivity index (χ4n) is 0.988. The van der Waals surface area contributed by atoms with Gasteiger partial charge in [-0.1, -0.05) is 17.7 Å². The second-order valence-electron chi connectivity index (χ2n) is 3.08. The number of benzene rings is 1. The standard InChI is InChI=1S/C10H12O2/c1-8-2-4-9(5-3-8)11-6-10-7-12-10/h2-5,10H,6-7H2,1H3/t10-/m0/s1. The summed E-state index contributed by atoms with van der Waals surface area (Å²) < 4.78 is 10.5. The molecule has 0 radical (unpaired) electrons. The first-order valence-corrected chi connectivity index (χ1v) is 4.16. The Kier molecular flexibility index (Phi) is 2.00. The zero-order valence-electron chi connectivity index (χ0n) is 7.12. The monoisotopic (exact) mass is 164 g/mol. The van der Waals surface area contributed by atoms with Crippen molar-refractivity contribution in [3.63, 3.8) is 0 Å². The maximum Gasteiger partial charge on any atom is 0.119 e. The van der Waals surface area contributed by atoms with Crippen molar-refractivity contribution in [2.75, 3.05) is 13.2 Å². The van der Waals surface area contributed by atoms with Crippen molar-refractivity contribution in [2.45, 2.75) is 13.0 Å². The van der Waals surface area contributed by atoms with Crippen LogP contribution in [-0.4, -0.2) is 19.3 Å². The van der Waals surface area contributed by atoms with E-state index in [1.54, 1.807) is 0 Å². The van der Waals surface area contributed by atoms with E-state index in [4.69, 9.17) is 9.47 Å². The van der Waals surface area contributed by atoms with Crippen LogP contribution in [0.4, 0.5) is 0 Å². The molecule has 0 aliphatic carbocycles. The molecule has 0 aromatic heterocycles. The number of aryl methyl sites for hydroxylation is 1. The molecule has 1 aliphatic rings. The van der Waals surface area contributed by atoms with Crippen LogP contribution in [0.15, 0.2) is 24.3 Å². The zero-order valence-corrected chi connectivity index (χ0v) is 7.12. The SMILES string of the molecule is Cc1ccc(OC[C@H]2CO2)cc1. The number of hydrogen-bond acceptors (Lipinski definition) is 2. The van der Waals surface area contributed by atoms with Crippen molar-refractivity contribution in [1.29, 1.82) is 0 Å². The van der Waals surface area contributed by atoms with Gasteiger partial charge in [0.05, 0.1) is 6.61 Å². The summed E-state index contributed by atoms with van der Waals surface area (Å²) >= 11 is 0. The first kappa shape index (κ1) is 7.62. The summed E-state index contributed by atoms with van der Waals surface area (Å²) in [6.45, 7) is 3.60.